The minimum atomic E-state index is -0.595. The highest BCUT2D eigenvalue weighted by molar-refractivity contribution is 8.01. The Morgan fingerprint density at radius 3 is 2.58 bits per heavy atom. The third-order valence-corrected chi connectivity index (χ3v) is 6.69. The maximum Gasteiger partial charge on any atom is 0.407 e. The fourth-order valence-electron chi connectivity index (χ4n) is 2.86. The Bertz CT molecular complexity index is 1060. The van der Waals surface area contributed by atoms with E-state index in [1.807, 2.05) is 45.0 Å². The highest BCUT2D eigenvalue weighted by Gasteiger charge is 2.34. The minimum Gasteiger partial charge on any atom is -0.497 e. The van der Waals surface area contributed by atoms with Gasteiger partial charge in [0.25, 0.3) is 0 Å². The SMILES string of the molecule is CNC(=O)OC(c1nc(-c2ccccc2F)c(Sc2cccc(OC)c2)s1)C(C)(C)C. The molecule has 0 saturated heterocycles. The number of benzene rings is 2. The smallest absolute Gasteiger partial charge is 0.407 e. The van der Waals surface area contributed by atoms with Gasteiger partial charge < -0.3 is 14.8 Å². The highest BCUT2D eigenvalue weighted by atomic mass is 32.2. The van der Waals surface area contributed by atoms with Gasteiger partial charge in [0.2, 0.25) is 0 Å². The van der Waals surface area contributed by atoms with E-state index in [0.717, 1.165) is 14.9 Å². The van der Waals surface area contributed by atoms with Gasteiger partial charge in [-0.2, -0.15) is 0 Å². The molecule has 0 spiro atoms. The van der Waals surface area contributed by atoms with Crippen molar-refractivity contribution in [2.75, 3.05) is 14.2 Å². The number of nitrogens with zero attached hydrogens (tertiary/aromatic N) is 1. The molecule has 0 aliphatic heterocycles. The molecule has 3 rings (SSSR count). The van der Waals surface area contributed by atoms with Gasteiger partial charge in [0.15, 0.2) is 6.10 Å². The molecule has 0 aliphatic rings. The average Bonchev–Trinajstić information content (AvgIpc) is 3.14. The zero-order chi connectivity index (χ0) is 22.6. The van der Waals surface area contributed by atoms with Gasteiger partial charge in [-0.15, -0.1) is 11.3 Å². The highest BCUT2D eigenvalue weighted by Crippen LogP contribution is 2.46. The molecule has 0 radical (unpaired) electrons. The summed E-state index contributed by atoms with van der Waals surface area (Å²) in [5.74, 6) is 0.379. The number of alkyl carbamates (subject to hydrolysis) is 1. The van der Waals surface area contributed by atoms with Crippen LogP contribution in [-0.2, 0) is 4.74 Å². The molecule has 2 aromatic carbocycles. The van der Waals surface area contributed by atoms with Gasteiger partial charge in [-0.3, -0.25) is 0 Å². The van der Waals surface area contributed by atoms with E-state index >= 15 is 0 Å². The summed E-state index contributed by atoms with van der Waals surface area (Å²) in [4.78, 5) is 17.7. The number of nitrogens with one attached hydrogen (secondary N) is 1. The molecule has 5 nitrogen and oxygen atoms in total. The van der Waals surface area contributed by atoms with E-state index in [9.17, 15) is 9.18 Å². The molecule has 31 heavy (non-hydrogen) atoms. The zero-order valence-electron chi connectivity index (χ0n) is 18.1. The number of aromatic nitrogens is 1. The van der Waals surface area contributed by atoms with Crippen LogP contribution in [0.25, 0.3) is 11.3 Å². The van der Waals surface area contributed by atoms with Crippen molar-refractivity contribution in [3.63, 3.8) is 0 Å². The van der Waals surface area contributed by atoms with Crippen LogP contribution in [0.15, 0.2) is 57.6 Å². The van der Waals surface area contributed by atoms with Crippen LogP contribution < -0.4 is 10.1 Å². The van der Waals surface area contributed by atoms with Gasteiger partial charge >= 0.3 is 6.09 Å². The lowest BCUT2D eigenvalue weighted by Gasteiger charge is -2.28. The fraction of sp³-hybridized carbons (Fsp3) is 0.304. The Kier molecular flexibility index (Phi) is 7.23. The molecule has 164 valence electrons. The molecule has 1 aromatic heterocycles. The number of hydrogen-bond acceptors (Lipinski definition) is 6. The summed E-state index contributed by atoms with van der Waals surface area (Å²) in [5, 5.41) is 3.10. The normalized spacial score (nSPS) is 12.3. The molecule has 0 fully saturated rings. The summed E-state index contributed by atoms with van der Waals surface area (Å²) in [6, 6.07) is 14.2. The number of thiazole rings is 1. The largest absolute Gasteiger partial charge is 0.497 e. The van der Waals surface area contributed by atoms with Gasteiger partial charge in [0.05, 0.1) is 17.0 Å². The minimum absolute atomic E-state index is 0.355. The molecule has 1 amide bonds. The third kappa shape index (κ3) is 5.57. The van der Waals surface area contributed by atoms with Crippen LogP contribution in [0.1, 0.15) is 31.9 Å². The molecule has 0 saturated carbocycles. The second kappa shape index (κ2) is 9.70. The van der Waals surface area contributed by atoms with Crippen LogP contribution in [0.2, 0.25) is 0 Å². The van der Waals surface area contributed by atoms with Crippen molar-refractivity contribution in [1.29, 1.82) is 0 Å². The van der Waals surface area contributed by atoms with E-state index in [1.165, 1.54) is 36.2 Å². The molecule has 0 bridgehead atoms. The van der Waals surface area contributed by atoms with Crippen molar-refractivity contribution in [2.45, 2.75) is 36.0 Å². The fourth-order valence-corrected chi connectivity index (χ4v) is 5.45. The number of hydrogen-bond donors (Lipinski definition) is 1. The quantitative estimate of drug-likeness (QED) is 0.452. The Morgan fingerprint density at radius 1 is 1.19 bits per heavy atom. The molecule has 1 N–H and O–H groups in total. The molecule has 1 atom stereocenters. The zero-order valence-corrected chi connectivity index (χ0v) is 19.7. The maximum atomic E-state index is 14.7. The van der Waals surface area contributed by atoms with E-state index in [4.69, 9.17) is 14.5 Å². The van der Waals surface area contributed by atoms with E-state index in [0.29, 0.717) is 16.3 Å². The first-order chi connectivity index (χ1) is 14.7. The Morgan fingerprint density at radius 2 is 1.94 bits per heavy atom. The molecule has 1 unspecified atom stereocenters. The molecule has 0 aliphatic carbocycles. The summed E-state index contributed by atoms with van der Waals surface area (Å²) in [7, 11) is 3.13. The Balaban J connectivity index is 2.10. The van der Waals surface area contributed by atoms with Crippen molar-refractivity contribution in [1.82, 2.24) is 10.3 Å². The lowest BCUT2D eigenvalue weighted by Crippen LogP contribution is -2.28. The Hall–Kier alpha value is -2.58. The number of carbonyl (C=O) groups excluding carboxylic acids is 1. The standard InChI is InChI=1S/C23H25FN2O3S2/c1-23(2,3)19(29-22(27)25-4)20-26-18(16-11-6-7-12-17(16)24)21(31-20)30-15-10-8-9-14(13-15)28-5/h6-13,19H,1-5H3,(H,25,27). The lowest BCUT2D eigenvalue weighted by atomic mass is 9.89. The number of ether oxygens (including phenoxy) is 2. The lowest BCUT2D eigenvalue weighted by molar-refractivity contribution is 0.0313. The van der Waals surface area contributed by atoms with Crippen LogP contribution in [0.3, 0.4) is 0 Å². The summed E-state index contributed by atoms with van der Waals surface area (Å²) >= 11 is 2.87. The van der Waals surface area contributed by atoms with Crippen molar-refractivity contribution in [3.8, 4) is 17.0 Å². The summed E-state index contributed by atoms with van der Waals surface area (Å²) < 4.78 is 26.4. The number of halogens is 1. The van der Waals surface area contributed by atoms with E-state index in [1.54, 1.807) is 25.3 Å². The topological polar surface area (TPSA) is 60.5 Å². The van der Waals surface area contributed by atoms with Crippen molar-refractivity contribution >= 4 is 29.2 Å². The molecular formula is C23H25FN2O3S2. The maximum absolute atomic E-state index is 14.7. The van der Waals surface area contributed by atoms with Gasteiger partial charge in [0.1, 0.15) is 16.6 Å². The van der Waals surface area contributed by atoms with Crippen LogP contribution in [0.4, 0.5) is 9.18 Å². The molecular weight excluding hydrogens is 435 g/mol. The predicted octanol–water partition coefficient (Wildman–Crippen LogP) is 6.55. The van der Waals surface area contributed by atoms with Crippen molar-refractivity contribution < 1.29 is 18.7 Å². The van der Waals surface area contributed by atoms with Crippen LogP contribution in [0, 0.1) is 11.2 Å². The Labute approximate surface area is 190 Å². The van der Waals surface area contributed by atoms with Crippen LogP contribution >= 0.6 is 23.1 Å². The van der Waals surface area contributed by atoms with Crippen molar-refractivity contribution in [2.24, 2.45) is 5.41 Å². The van der Waals surface area contributed by atoms with Gasteiger partial charge in [-0.25, -0.2) is 14.2 Å². The predicted molar refractivity (Wildman–Crippen MR) is 122 cm³/mol. The third-order valence-electron chi connectivity index (χ3n) is 4.43. The summed E-state index contributed by atoms with van der Waals surface area (Å²) in [5.41, 5.74) is 0.526. The van der Waals surface area contributed by atoms with E-state index in [2.05, 4.69) is 5.32 Å². The average molecular weight is 461 g/mol. The summed E-state index contributed by atoms with van der Waals surface area (Å²) in [6.07, 6.45) is -1.13. The van der Waals surface area contributed by atoms with Crippen LogP contribution in [-0.4, -0.2) is 25.2 Å². The molecule has 1 heterocycles. The van der Waals surface area contributed by atoms with Crippen LogP contribution in [0.5, 0.6) is 5.75 Å². The van der Waals surface area contributed by atoms with Gasteiger partial charge in [-0.05, 0) is 30.3 Å². The van der Waals surface area contributed by atoms with Gasteiger partial charge in [-0.1, -0.05) is 50.7 Å². The van der Waals surface area contributed by atoms with E-state index < -0.39 is 17.6 Å². The molecule has 3 aromatic rings. The monoisotopic (exact) mass is 460 g/mol. The summed E-state index contributed by atoms with van der Waals surface area (Å²) in [6.45, 7) is 5.92. The first kappa shape index (κ1) is 23.1. The first-order valence-corrected chi connectivity index (χ1v) is 11.3. The number of methoxy groups -OCH3 is 1. The van der Waals surface area contributed by atoms with E-state index in [-0.39, 0.29) is 5.82 Å². The number of carbonyl (C=O) groups is 1. The molecule has 8 heteroatoms. The second-order valence-electron chi connectivity index (χ2n) is 7.85. The second-order valence-corrected chi connectivity index (χ2v) is 10.2. The number of amides is 1. The number of rotatable bonds is 6. The van der Waals surface area contributed by atoms with Crippen molar-refractivity contribution in [3.05, 3.63) is 59.4 Å². The van der Waals surface area contributed by atoms with Gasteiger partial charge in [0, 0.05) is 22.9 Å². The first-order valence-electron chi connectivity index (χ1n) is 9.69.